The van der Waals surface area contributed by atoms with Crippen LogP contribution < -0.4 is 5.32 Å². The number of hydrogen-bond acceptors (Lipinski definition) is 1. The van der Waals surface area contributed by atoms with Gasteiger partial charge in [-0.05, 0) is 36.2 Å². The number of benzene rings is 1. The van der Waals surface area contributed by atoms with Crippen molar-refractivity contribution in [3.05, 3.63) is 53.6 Å². The maximum absolute atomic E-state index is 13.0. The molecular weight excluding hydrogens is 191 g/mol. The smallest absolute Gasteiger partial charge is 0.125 e. The average molecular weight is 204 g/mol. The number of halogens is 1. The lowest BCUT2D eigenvalue weighted by Gasteiger charge is -2.08. The van der Waals surface area contributed by atoms with E-state index in [9.17, 15) is 4.39 Å². The maximum Gasteiger partial charge on any atom is 0.125 e. The Labute approximate surface area is 88.1 Å². The molecule has 1 heterocycles. The first-order valence-electron chi connectivity index (χ1n) is 4.87. The van der Waals surface area contributed by atoms with Crippen LogP contribution in [0.25, 0.3) is 0 Å². The van der Waals surface area contributed by atoms with E-state index in [1.165, 1.54) is 12.1 Å². The molecule has 0 fully saturated rings. The third-order valence-corrected chi connectivity index (χ3v) is 2.34. The molecule has 0 unspecified atom stereocenters. The highest BCUT2D eigenvalue weighted by Crippen LogP contribution is 2.16. The number of aromatic nitrogens is 1. The summed E-state index contributed by atoms with van der Waals surface area (Å²) >= 11 is 0. The second-order valence-electron chi connectivity index (χ2n) is 3.53. The van der Waals surface area contributed by atoms with Gasteiger partial charge < -0.3 is 10.3 Å². The standard InChI is InChI=1S/C12H13FN2/c1-9-2-3-11(13)6-12(9)15-8-10-4-5-14-7-10/h2-7,14-15H,8H2,1H3. The van der Waals surface area contributed by atoms with Gasteiger partial charge in [-0.25, -0.2) is 4.39 Å². The van der Waals surface area contributed by atoms with Gasteiger partial charge in [0.15, 0.2) is 0 Å². The zero-order chi connectivity index (χ0) is 10.7. The highest BCUT2D eigenvalue weighted by molar-refractivity contribution is 5.50. The van der Waals surface area contributed by atoms with Crippen molar-refractivity contribution in [2.75, 3.05) is 5.32 Å². The van der Waals surface area contributed by atoms with Crippen LogP contribution >= 0.6 is 0 Å². The second-order valence-corrected chi connectivity index (χ2v) is 3.53. The Morgan fingerprint density at radius 1 is 1.33 bits per heavy atom. The molecule has 0 bridgehead atoms. The van der Waals surface area contributed by atoms with Crippen molar-refractivity contribution in [3.8, 4) is 0 Å². The summed E-state index contributed by atoms with van der Waals surface area (Å²) in [7, 11) is 0. The maximum atomic E-state index is 13.0. The van der Waals surface area contributed by atoms with Crippen molar-refractivity contribution in [2.24, 2.45) is 0 Å². The van der Waals surface area contributed by atoms with Crippen LogP contribution in [-0.4, -0.2) is 4.98 Å². The van der Waals surface area contributed by atoms with E-state index in [1.54, 1.807) is 6.07 Å². The summed E-state index contributed by atoms with van der Waals surface area (Å²) in [5.74, 6) is -0.211. The molecule has 1 aromatic heterocycles. The van der Waals surface area contributed by atoms with Crippen molar-refractivity contribution < 1.29 is 4.39 Å². The number of rotatable bonds is 3. The van der Waals surface area contributed by atoms with Gasteiger partial charge in [-0.3, -0.25) is 0 Å². The van der Waals surface area contributed by atoms with Gasteiger partial charge in [0.05, 0.1) is 0 Å². The van der Waals surface area contributed by atoms with Crippen molar-refractivity contribution >= 4 is 5.69 Å². The van der Waals surface area contributed by atoms with Crippen molar-refractivity contribution in [2.45, 2.75) is 13.5 Å². The molecule has 78 valence electrons. The molecule has 0 spiro atoms. The van der Waals surface area contributed by atoms with Gasteiger partial charge in [0, 0.05) is 24.6 Å². The lowest BCUT2D eigenvalue weighted by molar-refractivity contribution is 0.628. The Balaban J connectivity index is 2.07. The zero-order valence-electron chi connectivity index (χ0n) is 8.55. The Kier molecular flexibility index (Phi) is 2.72. The van der Waals surface area contributed by atoms with E-state index >= 15 is 0 Å². The summed E-state index contributed by atoms with van der Waals surface area (Å²) < 4.78 is 13.0. The fraction of sp³-hybridized carbons (Fsp3) is 0.167. The highest BCUT2D eigenvalue weighted by Gasteiger charge is 2.00. The molecule has 2 nitrogen and oxygen atoms in total. The van der Waals surface area contributed by atoms with Gasteiger partial charge in [-0.15, -0.1) is 0 Å². The molecule has 0 amide bonds. The Morgan fingerprint density at radius 2 is 2.20 bits per heavy atom. The number of aryl methyl sites for hydroxylation is 1. The molecule has 2 rings (SSSR count). The van der Waals surface area contributed by atoms with Crippen LogP contribution in [0.15, 0.2) is 36.7 Å². The van der Waals surface area contributed by atoms with Crippen LogP contribution in [0.3, 0.4) is 0 Å². The minimum absolute atomic E-state index is 0.211. The third-order valence-electron chi connectivity index (χ3n) is 2.34. The van der Waals surface area contributed by atoms with Crippen LogP contribution in [0.5, 0.6) is 0 Å². The van der Waals surface area contributed by atoms with Crippen molar-refractivity contribution in [1.82, 2.24) is 4.98 Å². The van der Waals surface area contributed by atoms with Gasteiger partial charge in [0.25, 0.3) is 0 Å². The van der Waals surface area contributed by atoms with Crippen LogP contribution in [0.4, 0.5) is 10.1 Å². The fourth-order valence-corrected chi connectivity index (χ4v) is 1.45. The van der Waals surface area contributed by atoms with Gasteiger partial charge in [-0.1, -0.05) is 6.07 Å². The highest BCUT2D eigenvalue weighted by atomic mass is 19.1. The second kappa shape index (κ2) is 4.17. The molecule has 0 saturated carbocycles. The van der Waals surface area contributed by atoms with Crippen LogP contribution in [0.1, 0.15) is 11.1 Å². The molecule has 0 aliphatic carbocycles. The number of H-pyrrole nitrogens is 1. The average Bonchev–Trinajstić information content (AvgIpc) is 2.72. The van der Waals surface area contributed by atoms with Gasteiger partial charge >= 0.3 is 0 Å². The molecule has 2 aromatic rings. The summed E-state index contributed by atoms with van der Waals surface area (Å²) in [5, 5.41) is 3.20. The fourth-order valence-electron chi connectivity index (χ4n) is 1.45. The first-order chi connectivity index (χ1) is 7.25. The molecule has 0 aliphatic rings. The number of nitrogens with one attached hydrogen (secondary N) is 2. The van der Waals surface area contributed by atoms with Crippen LogP contribution in [0.2, 0.25) is 0 Å². The molecular formula is C12H13FN2. The normalized spacial score (nSPS) is 10.3. The minimum atomic E-state index is -0.211. The molecule has 15 heavy (non-hydrogen) atoms. The number of hydrogen-bond donors (Lipinski definition) is 2. The van der Waals surface area contributed by atoms with E-state index in [1.807, 2.05) is 25.4 Å². The van der Waals surface area contributed by atoms with Gasteiger partial charge in [-0.2, -0.15) is 0 Å². The largest absolute Gasteiger partial charge is 0.381 e. The summed E-state index contributed by atoms with van der Waals surface area (Å²) in [6, 6.07) is 6.75. The zero-order valence-corrected chi connectivity index (χ0v) is 8.55. The third kappa shape index (κ3) is 2.37. The topological polar surface area (TPSA) is 27.8 Å². The van der Waals surface area contributed by atoms with E-state index in [4.69, 9.17) is 0 Å². The van der Waals surface area contributed by atoms with Gasteiger partial charge in [0.2, 0.25) is 0 Å². The lowest BCUT2D eigenvalue weighted by atomic mass is 10.2. The summed E-state index contributed by atoms with van der Waals surface area (Å²) in [4.78, 5) is 2.98. The van der Waals surface area contributed by atoms with Crippen LogP contribution in [-0.2, 0) is 6.54 Å². The summed E-state index contributed by atoms with van der Waals surface area (Å²) in [5.41, 5.74) is 3.04. The first kappa shape index (κ1) is 9.77. The van der Waals surface area contributed by atoms with E-state index in [0.717, 1.165) is 16.8 Å². The Morgan fingerprint density at radius 3 is 2.93 bits per heavy atom. The first-order valence-corrected chi connectivity index (χ1v) is 4.87. The summed E-state index contributed by atoms with van der Waals surface area (Å²) in [6.07, 6.45) is 3.79. The molecule has 0 saturated heterocycles. The molecule has 0 aliphatic heterocycles. The number of aromatic amines is 1. The predicted octanol–water partition coefficient (Wildman–Crippen LogP) is 3.07. The quantitative estimate of drug-likeness (QED) is 0.790. The monoisotopic (exact) mass is 204 g/mol. The van der Waals surface area contributed by atoms with E-state index in [2.05, 4.69) is 10.3 Å². The Bertz CT molecular complexity index is 435. The van der Waals surface area contributed by atoms with Crippen molar-refractivity contribution in [1.29, 1.82) is 0 Å². The lowest BCUT2D eigenvalue weighted by Crippen LogP contribution is -2.00. The predicted molar refractivity (Wildman–Crippen MR) is 59.3 cm³/mol. The number of anilines is 1. The molecule has 3 heteroatoms. The van der Waals surface area contributed by atoms with E-state index < -0.39 is 0 Å². The molecule has 0 atom stereocenters. The van der Waals surface area contributed by atoms with Crippen LogP contribution in [0, 0.1) is 12.7 Å². The van der Waals surface area contributed by atoms with E-state index in [-0.39, 0.29) is 5.82 Å². The van der Waals surface area contributed by atoms with Crippen molar-refractivity contribution in [3.63, 3.8) is 0 Å². The van der Waals surface area contributed by atoms with Gasteiger partial charge in [0.1, 0.15) is 5.82 Å². The minimum Gasteiger partial charge on any atom is -0.381 e. The molecule has 0 radical (unpaired) electrons. The SMILES string of the molecule is Cc1ccc(F)cc1NCc1cc[nH]c1. The summed E-state index contributed by atoms with van der Waals surface area (Å²) in [6.45, 7) is 2.66. The Hall–Kier alpha value is -1.77. The molecule has 2 N–H and O–H groups in total. The molecule has 1 aromatic carbocycles. The van der Waals surface area contributed by atoms with E-state index in [0.29, 0.717) is 6.54 Å².